The summed E-state index contributed by atoms with van der Waals surface area (Å²) in [6, 6.07) is 0. The lowest BCUT2D eigenvalue weighted by molar-refractivity contribution is -0.172. The molecule has 4 heteroatoms. The van der Waals surface area contributed by atoms with Gasteiger partial charge in [0.25, 0.3) is 0 Å². The maximum absolute atomic E-state index is 12.2. The zero-order chi connectivity index (χ0) is 15.7. The predicted octanol–water partition coefficient (Wildman–Crippen LogP) is 3.57. The molecule has 0 N–H and O–H groups in total. The third kappa shape index (κ3) is 4.45. The van der Waals surface area contributed by atoms with Gasteiger partial charge in [-0.3, -0.25) is 9.59 Å². The summed E-state index contributed by atoms with van der Waals surface area (Å²) in [7, 11) is 0. The van der Waals surface area contributed by atoms with E-state index < -0.39 is 17.4 Å². The van der Waals surface area contributed by atoms with Crippen LogP contribution < -0.4 is 0 Å². The Morgan fingerprint density at radius 2 is 1.81 bits per heavy atom. The first-order valence-corrected chi connectivity index (χ1v) is 7.80. The fourth-order valence-electron chi connectivity index (χ4n) is 2.41. The Kier molecular flexibility index (Phi) is 7.20. The van der Waals surface area contributed by atoms with Gasteiger partial charge in [-0.25, -0.2) is 0 Å². The molecule has 0 radical (unpaired) electrons. The number of rotatable bonds is 7. The van der Waals surface area contributed by atoms with Crippen molar-refractivity contribution in [1.82, 2.24) is 0 Å². The lowest BCUT2D eigenvalue weighted by Crippen LogP contribution is -2.43. The maximum Gasteiger partial charge on any atom is 0.323 e. The first kappa shape index (κ1) is 17.5. The van der Waals surface area contributed by atoms with Crippen LogP contribution in [0.1, 0.15) is 52.9 Å². The largest absolute Gasteiger partial charge is 0.465 e. The normalized spacial score (nSPS) is 17.4. The summed E-state index contributed by atoms with van der Waals surface area (Å²) in [5.74, 6) is -0.924. The molecule has 1 aliphatic carbocycles. The Bertz CT molecular complexity index is 403. The maximum atomic E-state index is 12.2. The summed E-state index contributed by atoms with van der Waals surface area (Å²) < 4.78 is 10.2. The van der Waals surface area contributed by atoms with Crippen molar-refractivity contribution in [2.75, 3.05) is 13.2 Å². The van der Waals surface area contributed by atoms with E-state index in [4.69, 9.17) is 9.47 Å². The van der Waals surface area contributed by atoms with Crippen molar-refractivity contribution in [3.8, 4) is 0 Å². The highest BCUT2D eigenvalue weighted by Gasteiger charge is 2.49. The lowest BCUT2D eigenvalue weighted by atomic mass is 9.74. The van der Waals surface area contributed by atoms with Crippen LogP contribution in [-0.4, -0.2) is 25.2 Å². The fourth-order valence-corrected chi connectivity index (χ4v) is 2.41. The number of unbranched alkanes of at least 4 members (excludes halogenated alkanes) is 1. The molecule has 0 bridgehead atoms. The van der Waals surface area contributed by atoms with Crippen LogP contribution in [-0.2, 0) is 19.1 Å². The van der Waals surface area contributed by atoms with Gasteiger partial charge < -0.3 is 9.47 Å². The highest BCUT2D eigenvalue weighted by molar-refractivity contribution is 6.00. The molecular weight excluding hydrogens is 268 g/mol. The molecule has 0 aliphatic heterocycles. The van der Waals surface area contributed by atoms with Crippen LogP contribution in [0.3, 0.4) is 0 Å². The highest BCUT2D eigenvalue weighted by Crippen LogP contribution is 2.38. The van der Waals surface area contributed by atoms with E-state index in [0.29, 0.717) is 19.3 Å². The van der Waals surface area contributed by atoms with Crippen LogP contribution in [0, 0.1) is 5.41 Å². The number of ether oxygens (including phenoxy) is 2. The molecule has 0 fully saturated rings. The second kappa shape index (κ2) is 8.65. The molecule has 1 rings (SSSR count). The van der Waals surface area contributed by atoms with Gasteiger partial charge in [0.05, 0.1) is 13.2 Å². The van der Waals surface area contributed by atoms with Crippen molar-refractivity contribution in [3.63, 3.8) is 0 Å². The minimum atomic E-state index is -1.16. The molecule has 0 spiro atoms. The smallest absolute Gasteiger partial charge is 0.323 e. The predicted molar refractivity (Wildman–Crippen MR) is 81.7 cm³/mol. The minimum absolute atomic E-state index is 0.271. The lowest BCUT2D eigenvalue weighted by Gasteiger charge is -2.31. The molecule has 0 heterocycles. The SMILES string of the molecule is CCC/C=C\C1=CCC(C(=O)OCC)(C(=O)OCC)CC1. The summed E-state index contributed by atoms with van der Waals surface area (Å²) in [5.41, 5.74) is 0.0152. The monoisotopic (exact) mass is 294 g/mol. The van der Waals surface area contributed by atoms with Crippen molar-refractivity contribution >= 4 is 11.9 Å². The molecule has 21 heavy (non-hydrogen) atoms. The molecule has 1 aliphatic rings. The Morgan fingerprint density at radius 1 is 1.19 bits per heavy atom. The first-order chi connectivity index (χ1) is 10.1. The number of carbonyl (C=O) groups excluding carboxylic acids is 2. The molecule has 0 amide bonds. The van der Waals surface area contributed by atoms with E-state index in [2.05, 4.69) is 19.1 Å². The van der Waals surface area contributed by atoms with Crippen molar-refractivity contribution in [1.29, 1.82) is 0 Å². The van der Waals surface area contributed by atoms with Crippen molar-refractivity contribution in [2.45, 2.75) is 52.9 Å². The molecule has 0 saturated carbocycles. The van der Waals surface area contributed by atoms with Gasteiger partial charge in [-0.05, 0) is 39.5 Å². The van der Waals surface area contributed by atoms with Crippen LogP contribution in [0.15, 0.2) is 23.8 Å². The van der Waals surface area contributed by atoms with Crippen LogP contribution in [0.5, 0.6) is 0 Å². The molecule has 0 saturated heterocycles. The van der Waals surface area contributed by atoms with Crippen LogP contribution in [0.4, 0.5) is 0 Å². The van der Waals surface area contributed by atoms with Gasteiger partial charge in [-0.2, -0.15) is 0 Å². The average Bonchev–Trinajstić information content (AvgIpc) is 2.48. The second-order valence-electron chi connectivity index (χ2n) is 5.20. The fraction of sp³-hybridized carbons (Fsp3) is 0.647. The molecular formula is C17H26O4. The summed E-state index contributed by atoms with van der Waals surface area (Å²) in [4.78, 5) is 24.5. The zero-order valence-electron chi connectivity index (χ0n) is 13.3. The minimum Gasteiger partial charge on any atom is -0.465 e. The number of esters is 2. The molecule has 118 valence electrons. The molecule has 0 atom stereocenters. The topological polar surface area (TPSA) is 52.6 Å². The van der Waals surface area contributed by atoms with E-state index in [0.717, 1.165) is 12.8 Å². The van der Waals surface area contributed by atoms with Gasteiger partial charge in [-0.1, -0.05) is 37.1 Å². The first-order valence-electron chi connectivity index (χ1n) is 7.80. The molecule has 0 unspecified atom stereocenters. The molecule has 0 aromatic carbocycles. The summed E-state index contributed by atoms with van der Waals surface area (Å²) in [6.07, 6.45) is 9.83. The van der Waals surface area contributed by atoms with Crippen molar-refractivity contribution in [2.24, 2.45) is 5.41 Å². The third-order valence-electron chi connectivity index (χ3n) is 3.67. The van der Waals surface area contributed by atoms with E-state index in [-0.39, 0.29) is 13.2 Å². The van der Waals surface area contributed by atoms with E-state index in [1.165, 1.54) is 5.57 Å². The van der Waals surface area contributed by atoms with E-state index in [1.54, 1.807) is 13.8 Å². The number of carbonyl (C=O) groups is 2. The molecule has 0 aromatic heterocycles. The number of hydrogen-bond donors (Lipinski definition) is 0. The zero-order valence-corrected chi connectivity index (χ0v) is 13.3. The van der Waals surface area contributed by atoms with Crippen LogP contribution >= 0.6 is 0 Å². The van der Waals surface area contributed by atoms with Gasteiger partial charge in [0, 0.05) is 0 Å². The average molecular weight is 294 g/mol. The van der Waals surface area contributed by atoms with E-state index >= 15 is 0 Å². The van der Waals surface area contributed by atoms with Crippen molar-refractivity contribution < 1.29 is 19.1 Å². The van der Waals surface area contributed by atoms with Crippen molar-refractivity contribution in [3.05, 3.63) is 23.8 Å². The molecule has 0 aromatic rings. The Labute approximate surface area is 127 Å². The quantitative estimate of drug-likeness (QED) is 0.532. The molecule has 4 nitrogen and oxygen atoms in total. The standard InChI is InChI=1S/C17H26O4/c1-4-7-8-9-14-10-12-17(13-11-14,15(18)20-5-2)16(19)21-6-3/h8-10H,4-7,11-13H2,1-3H3/b9-8-. The van der Waals surface area contributed by atoms with Gasteiger partial charge in [0.1, 0.15) is 0 Å². The Hall–Kier alpha value is -1.58. The second-order valence-corrected chi connectivity index (χ2v) is 5.20. The number of allylic oxidation sites excluding steroid dienone is 4. The van der Waals surface area contributed by atoms with Gasteiger partial charge in [0.2, 0.25) is 0 Å². The summed E-state index contributed by atoms with van der Waals surface area (Å²) in [6.45, 7) is 6.16. The van der Waals surface area contributed by atoms with E-state index in [1.807, 2.05) is 6.08 Å². The van der Waals surface area contributed by atoms with Gasteiger partial charge in [0.15, 0.2) is 5.41 Å². The van der Waals surface area contributed by atoms with Gasteiger partial charge in [-0.15, -0.1) is 0 Å². The van der Waals surface area contributed by atoms with Gasteiger partial charge >= 0.3 is 11.9 Å². The Morgan fingerprint density at radius 3 is 2.24 bits per heavy atom. The Balaban J connectivity index is 2.87. The summed E-state index contributed by atoms with van der Waals surface area (Å²) in [5, 5.41) is 0. The van der Waals surface area contributed by atoms with E-state index in [9.17, 15) is 9.59 Å². The van der Waals surface area contributed by atoms with Crippen LogP contribution in [0.25, 0.3) is 0 Å². The summed E-state index contributed by atoms with van der Waals surface area (Å²) >= 11 is 0. The number of hydrogen-bond acceptors (Lipinski definition) is 4. The highest BCUT2D eigenvalue weighted by atomic mass is 16.6. The van der Waals surface area contributed by atoms with Crippen LogP contribution in [0.2, 0.25) is 0 Å². The third-order valence-corrected chi connectivity index (χ3v) is 3.67.